The van der Waals surface area contributed by atoms with Gasteiger partial charge in [0.15, 0.2) is 0 Å². The topological polar surface area (TPSA) is 84.2 Å². The van der Waals surface area contributed by atoms with Gasteiger partial charge in [-0.2, -0.15) is 5.10 Å². The number of hydrogen-bond donors (Lipinski definition) is 2. The van der Waals surface area contributed by atoms with E-state index >= 15 is 0 Å². The summed E-state index contributed by atoms with van der Waals surface area (Å²) in [5, 5.41) is 16.5. The molecule has 2 N–H and O–H groups in total. The third kappa shape index (κ3) is 3.48. The minimum Gasteiger partial charge on any atom is -0.481 e. The van der Waals surface area contributed by atoms with Crippen LogP contribution in [-0.4, -0.2) is 32.8 Å². The summed E-state index contributed by atoms with van der Waals surface area (Å²) in [4.78, 5) is 23.5. The highest BCUT2D eigenvalue weighted by molar-refractivity contribution is 5.95. The highest BCUT2D eigenvalue weighted by Gasteiger charge is 2.27. The van der Waals surface area contributed by atoms with Crippen LogP contribution >= 0.6 is 0 Å². The minimum atomic E-state index is -0.736. The summed E-state index contributed by atoms with van der Waals surface area (Å²) in [7, 11) is 0. The molecule has 1 heterocycles. The Morgan fingerprint density at radius 1 is 1.17 bits per heavy atom. The molecule has 1 aliphatic carbocycles. The summed E-state index contributed by atoms with van der Waals surface area (Å²) < 4.78 is 1.70. The van der Waals surface area contributed by atoms with Crippen molar-refractivity contribution in [3.8, 4) is 5.69 Å². The van der Waals surface area contributed by atoms with E-state index in [2.05, 4.69) is 10.4 Å². The van der Waals surface area contributed by atoms with Crippen molar-refractivity contribution in [2.24, 2.45) is 5.92 Å². The number of rotatable bonds is 4. The van der Waals surface area contributed by atoms with Gasteiger partial charge in [-0.3, -0.25) is 9.59 Å². The number of para-hydroxylation sites is 1. The minimum absolute atomic E-state index is 0.0348. The number of carbonyl (C=O) groups excluding carboxylic acids is 1. The fourth-order valence-electron chi connectivity index (χ4n) is 3.14. The van der Waals surface area contributed by atoms with Gasteiger partial charge in [-0.05, 0) is 44.7 Å². The molecule has 0 saturated heterocycles. The first-order valence-corrected chi connectivity index (χ1v) is 8.20. The van der Waals surface area contributed by atoms with Crippen LogP contribution in [0.1, 0.15) is 41.7 Å². The van der Waals surface area contributed by atoms with Gasteiger partial charge in [0.05, 0.1) is 22.9 Å². The van der Waals surface area contributed by atoms with E-state index in [1.807, 2.05) is 37.3 Å². The van der Waals surface area contributed by atoms with Crippen LogP contribution in [0.5, 0.6) is 0 Å². The Kier molecular flexibility index (Phi) is 4.64. The van der Waals surface area contributed by atoms with E-state index in [4.69, 9.17) is 5.11 Å². The first kappa shape index (κ1) is 16.2. The van der Waals surface area contributed by atoms with E-state index in [1.54, 1.807) is 10.9 Å². The van der Waals surface area contributed by atoms with E-state index in [-0.39, 0.29) is 17.9 Å². The quantitative estimate of drug-likeness (QED) is 0.904. The third-order valence-electron chi connectivity index (χ3n) is 4.58. The van der Waals surface area contributed by atoms with Crippen LogP contribution in [0, 0.1) is 12.8 Å². The maximum atomic E-state index is 12.5. The number of carboxylic acids is 1. The number of aliphatic carboxylic acids is 1. The summed E-state index contributed by atoms with van der Waals surface area (Å²) >= 11 is 0. The van der Waals surface area contributed by atoms with Crippen LogP contribution in [0.15, 0.2) is 36.5 Å². The molecule has 0 unspecified atom stereocenters. The number of amides is 1. The molecule has 0 atom stereocenters. The molecule has 0 bridgehead atoms. The smallest absolute Gasteiger partial charge is 0.306 e. The van der Waals surface area contributed by atoms with Crippen molar-refractivity contribution in [2.75, 3.05) is 0 Å². The maximum Gasteiger partial charge on any atom is 0.306 e. The molecule has 2 aromatic rings. The molecule has 1 aliphatic rings. The highest BCUT2D eigenvalue weighted by atomic mass is 16.4. The number of carbonyl (C=O) groups is 2. The van der Waals surface area contributed by atoms with Gasteiger partial charge in [-0.1, -0.05) is 18.2 Å². The second kappa shape index (κ2) is 6.86. The van der Waals surface area contributed by atoms with E-state index in [0.29, 0.717) is 36.9 Å². The van der Waals surface area contributed by atoms with Crippen LogP contribution in [0.4, 0.5) is 0 Å². The normalized spacial score (nSPS) is 20.5. The van der Waals surface area contributed by atoms with Crippen molar-refractivity contribution in [1.82, 2.24) is 15.1 Å². The number of benzene rings is 1. The standard InChI is InChI=1S/C18H21N3O3/c1-12-16(11-21(20-12)15-5-3-2-4-6-15)17(22)19-14-9-7-13(8-10-14)18(23)24/h2-6,11,13-14H,7-10H2,1H3,(H,19,22)(H,23,24). The van der Waals surface area contributed by atoms with E-state index < -0.39 is 5.97 Å². The predicted octanol–water partition coefficient (Wildman–Crippen LogP) is 2.55. The first-order chi connectivity index (χ1) is 11.5. The van der Waals surface area contributed by atoms with E-state index in [0.717, 1.165) is 5.69 Å². The fraction of sp³-hybridized carbons (Fsp3) is 0.389. The van der Waals surface area contributed by atoms with Gasteiger partial charge >= 0.3 is 5.97 Å². The number of nitrogens with one attached hydrogen (secondary N) is 1. The lowest BCUT2D eigenvalue weighted by Crippen LogP contribution is -2.38. The molecular weight excluding hydrogens is 306 g/mol. The SMILES string of the molecule is Cc1nn(-c2ccccc2)cc1C(=O)NC1CCC(C(=O)O)CC1. The Bertz CT molecular complexity index is 731. The zero-order chi connectivity index (χ0) is 17.1. The van der Waals surface area contributed by atoms with Gasteiger partial charge < -0.3 is 10.4 Å². The molecule has 1 aromatic carbocycles. The lowest BCUT2D eigenvalue weighted by molar-refractivity contribution is -0.142. The van der Waals surface area contributed by atoms with Gasteiger partial charge in [0.1, 0.15) is 0 Å². The second-order valence-corrected chi connectivity index (χ2v) is 6.27. The van der Waals surface area contributed by atoms with Crippen LogP contribution in [-0.2, 0) is 4.79 Å². The monoisotopic (exact) mass is 327 g/mol. The molecule has 0 aliphatic heterocycles. The average molecular weight is 327 g/mol. The molecule has 1 aromatic heterocycles. The Balaban J connectivity index is 1.66. The van der Waals surface area contributed by atoms with Crippen molar-refractivity contribution in [3.63, 3.8) is 0 Å². The summed E-state index contributed by atoms with van der Waals surface area (Å²) in [5.74, 6) is -1.16. The Labute approximate surface area is 140 Å². The van der Waals surface area contributed by atoms with Crippen LogP contribution in [0.3, 0.4) is 0 Å². The molecule has 24 heavy (non-hydrogen) atoms. The van der Waals surface area contributed by atoms with Crippen LogP contribution in [0.2, 0.25) is 0 Å². The number of aryl methyl sites for hydroxylation is 1. The largest absolute Gasteiger partial charge is 0.481 e. The molecular formula is C18H21N3O3. The molecule has 3 rings (SSSR count). The zero-order valence-corrected chi connectivity index (χ0v) is 13.6. The van der Waals surface area contributed by atoms with E-state index in [1.165, 1.54) is 0 Å². The van der Waals surface area contributed by atoms with Crippen molar-refractivity contribution < 1.29 is 14.7 Å². The summed E-state index contributed by atoms with van der Waals surface area (Å²) in [6.07, 6.45) is 4.37. The van der Waals surface area contributed by atoms with Gasteiger partial charge in [-0.15, -0.1) is 0 Å². The maximum absolute atomic E-state index is 12.5. The summed E-state index contributed by atoms with van der Waals surface area (Å²) in [5.41, 5.74) is 2.14. The molecule has 1 fully saturated rings. The van der Waals surface area contributed by atoms with Crippen molar-refractivity contribution in [3.05, 3.63) is 47.8 Å². The zero-order valence-electron chi connectivity index (χ0n) is 13.6. The van der Waals surface area contributed by atoms with Crippen molar-refractivity contribution >= 4 is 11.9 Å². The molecule has 1 amide bonds. The molecule has 0 spiro atoms. The lowest BCUT2D eigenvalue weighted by Gasteiger charge is -2.26. The summed E-state index contributed by atoms with van der Waals surface area (Å²) in [6.45, 7) is 1.82. The molecule has 6 nitrogen and oxygen atoms in total. The first-order valence-electron chi connectivity index (χ1n) is 8.20. The van der Waals surface area contributed by atoms with Crippen LogP contribution in [0.25, 0.3) is 5.69 Å². The van der Waals surface area contributed by atoms with Crippen molar-refractivity contribution in [1.29, 1.82) is 0 Å². The summed E-state index contributed by atoms with van der Waals surface area (Å²) in [6, 6.07) is 9.68. The third-order valence-corrected chi connectivity index (χ3v) is 4.58. The molecule has 0 radical (unpaired) electrons. The van der Waals surface area contributed by atoms with Gasteiger partial charge in [0, 0.05) is 12.2 Å². The number of carboxylic acid groups (broad SMARTS) is 1. The van der Waals surface area contributed by atoms with Gasteiger partial charge in [0.25, 0.3) is 5.91 Å². The Morgan fingerprint density at radius 2 is 1.83 bits per heavy atom. The van der Waals surface area contributed by atoms with Crippen LogP contribution < -0.4 is 5.32 Å². The lowest BCUT2D eigenvalue weighted by atomic mass is 9.86. The second-order valence-electron chi connectivity index (χ2n) is 6.27. The Morgan fingerprint density at radius 3 is 2.46 bits per heavy atom. The van der Waals surface area contributed by atoms with E-state index in [9.17, 15) is 9.59 Å². The molecule has 126 valence electrons. The highest BCUT2D eigenvalue weighted by Crippen LogP contribution is 2.24. The molecule has 1 saturated carbocycles. The number of aromatic nitrogens is 2. The average Bonchev–Trinajstić information content (AvgIpc) is 2.98. The predicted molar refractivity (Wildman–Crippen MR) is 89.1 cm³/mol. The molecule has 6 heteroatoms. The fourth-order valence-corrected chi connectivity index (χ4v) is 3.14. The van der Waals surface area contributed by atoms with Gasteiger partial charge in [0.2, 0.25) is 0 Å². The van der Waals surface area contributed by atoms with Gasteiger partial charge in [-0.25, -0.2) is 4.68 Å². The number of hydrogen-bond acceptors (Lipinski definition) is 3. The van der Waals surface area contributed by atoms with Crippen molar-refractivity contribution in [2.45, 2.75) is 38.6 Å². The Hall–Kier alpha value is -2.63. The number of nitrogens with zero attached hydrogens (tertiary/aromatic N) is 2.